The van der Waals surface area contributed by atoms with Gasteiger partial charge >= 0.3 is 5.97 Å². The Balaban J connectivity index is 0.000001000. The second-order valence-corrected chi connectivity index (χ2v) is 2.58. The molecular weight excluding hydrogens is 205 g/mol. The zero-order valence-electron chi connectivity index (χ0n) is 5.91. The van der Waals surface area contributed by atoms with Gasteiger partial charge in [0.1, 0.15) is 5.69 Å². The molecule has 0 aliphatic carbocycles. The van der Waals surface area contributed by atoms with Gasteiger partial charge in [0.25, 0.3) is 0 Å². The monoisotopic (exact) mass is 208 g/mol. The van der Waals surface area contributed by atoms with Crippen LogP contribution in [0.2, 0.25) is 0 Å². The average Bonchev–Trinajstić information content (AvgIpc) is 1.88. The molecule has 0 spiro atoms. The molecule has 0 atom stereocenters. The first-order chi connectivity index (χ1) is 4.70. The minimum absolute atomic E-state index is 0. The largest absolute Gasteiger partial charge is 0.477 e. The van der Waals surface area contributed by atoms with E-state index >= 15 is 0 Å². The fourth-order valence-corrected chi connectivity index (χ4v) is 0.737. The van der Waals surface area contributed by atoms with Gasteiger partial charge in [0.05, 0.1) is 0 Å². The first kappa shape index (κ1) is 10.7. The molecular formula is C6H4BrLiNO2. The summed E-state index contributed by atoms with van der Waals surface area (Å²) in [7, 11) is 0. The van der Waals surface area contributed by atoms with Crippen LogP contribution in [0, 0.1) is 0 Å². The number of rotatable bonds is 1. The predicted octanol–water partition coefficient (Wildman–Crippen LogP) is 1.16. The zero-order valence-corrected chi connectivity index (χ0v) is 7.50. The molecule has 1 radical (unpaired) electrons. The van der Waals surface area contributed by atoms with Crippen LogP contribution in [0.4, 0.5) is 0 Å². The zero-order chi connectivity index (χ0) is 7.56. The van der Waals surface area contributed by atoms with Gasteiger partial charge in [0, 0.05) is 29.5 Å². The number of carboxylic acid groups (broad SMARTS) is 1. The molecule has 0 bridgehead atoms. The molecule has 1 N–H and O–H groups in total. The van der Waals surface area contributed by atoms with Crippen LogP contribution in [0.1, 0.15) is 10.5 Å². The molecule has 11 heavy (non-hydrogen) atoms. The van der Waals surface area contributed by atoms with Gasteiger partial charge in [-0.15, -0.1) is 0 Å². The fraction of sp³-hybridized carbons (Fsp3) is 0. The Hall–Kier alpha value is -0.303. The molecule has 1 rings (SSSR count). The van der Waals surface area contributed by atoms with E-state index in [1.54, 1.807) is 6.07 Å². The minimum atomic E-state index is -1.01. The Labute approximate surface area is 84.1 Å². The molecule has 0 saturated carbocycles. The third-order valence-corrected chi connectivity index (χ3v) is 1.42. The number of aromatic nitrogens is 1. The molecule has 0 aliphatic rings. The Morgan fingerprint density at radius 1 is 1.55 bits per heavy atom. The molecule has 0 fully saturated rings. The van der Waals surface area contributed by atoms with E-state index in [-0.39, 0.29) is 24.6 Å². The van der Waals surface area contributed by atoms with Crippen LogP contribution in [-0.2, 0) is 0 Å². The molecule has 1 heterocycles. The van der Waals surface area contributed by atoms with E-state index in [2.05, 4.69) is 20.9 Å². The van der Waals surface area contributed by atoms with Crippen molar-refractivity contribution < 1.29 is 9.90 Å². The maximum Gasteiger partial charge on any atom is 0.354 e. The molecule has 53 valence electrons. The second-order valence-electron chi connectivity index (χ2n) is 1.67. The number of hydrogen-bond donors (Lipinski definition) is 1. The summed E-state index contributed by atoms with van der Waals surface area (Å²) >= 11 is 3.14. The van der Waals surface area contributed by atoms with Gasteiger partial charge in [-0.1, -0.05) is 0 Å². The molecule has 0 aromatic carbocycles. The van der Waals surface area contributed by atoms with Crippen molar-refractivity contribution in [1.82, 2.24) is 4.98 Å². The van der Waals surface area contributed by atoms with Gasteiger partial charge < -0.3 is 5.11 Å². The standard InChI is InChI=1S/C6H4BrNO2.Li/c7-4-1-2-5(6(9)10)8-3-4;/h1-3H,(H,9,10);. The van der Waals surface area contributed by atoms with Gasteiger partial charge in [-0.05, 0) is 28.1 Å². The van der Waals surface area contributed by atoms with Crippen LogP contribution in [-0.4, -0.2) is 34.9 Å². The second kappa shape index (κ2) is 4.55. The molecule has 0 amide bonds. The van der Waals surface area contributed by atoms with Crippen LogP contribution in [0.25, 0.3) is 0 Å². The summed E-state index contributed by atoms with van der Waals surface area (Å²) in [5, 5.41) is 8.40. The SMILES string of the molecule is O=C(O)c1ccc(Br)cn1.[Li]. The number of nitrogens with zero attached hydrogens (tertiary/aromatic N) is 1. The summed E-state index contributed by atoms with van der Waals surface area (Å²) in [4.78, 5) is 13.9. The topological polar surface area (TPSA) is 50.2 Å². The van der Waals surface area contributed by atoms with Crippen LogP contribution in [0.3, 0.4) is 0 Å². The Morgan fingerprint density at radius 2 is 2.18 bits per heavy atom. The smallest absolute Gasteiger partial charge is 0.354 e. The number of halogens is 1. The van der Waals surface area contributed by atoms with Crippen LogP contribution >= 0.6 is 15.9 Å². The van der Waals surface area contributed by atoms with Gasteiger partial charge in [0.15, 0.2) is 0 Å². The van der Waals surface area contributed by atoms with Crippen molar-refractivity contribution in [1.29, 1.82) is 0 Å². The Morgan fingerprint density at radius 3 is 2.55 bits per heavy atom. The third kappa shape index (κ3) is 3.06. The summed E-state index contributed by atoms with van der Waals surface area (Å²) in [6, 6.07) is 3.07. The molecule has 1 aromatic rings. The van der Waals surface area contributed by atoms with Crippen LogP contribution in [0.5, 0.6) is 0 Å². The van der Waals surface area contributed by atoms with Crippen molar-refractivity contribution in [3.8, 4) is 0 Å². The van der Waals surface area contributed by atoms with Gasteiger partial charge in [0.2, 0.25) is 0 Å². The number of carboxylic acids is 1. The van der Waals surface area contributed by atoms with Crippen LogP contribution < -0.4 is 0 Å². The summed E-state index contributed by atoms with van der Waals surface area (Å²) in [5.41, 5.74) is 0.0585. The Bertz CT molecular complexity index is 249. The average molecular weight is 209 g/mol. The van der Waals surface area contributed by atoms with E-state index in [9.17, 15) is 4.79 Å². The summed E-state index contributed by atoms with van der Waals surface area (Å²) in [6.07, 6.45) is 1.45. The number of aromatic carboxylic acids is 1. The summed E-state index contributed by atoms with van der Waals surface area (Å²) < 4.78 is 0.775. The normalized spacial score (nSPS) is 8.45. The number of pyridine rings is 1. The molecule has 5 heteroatoms. The molecule has 0 unspecified atom stereocenters. The summed E-state index contributed by atoms with van der Waals surface area (Å²) in [6.45, 7) is 0. The quantitative estimate of drug-likeness (QED) is 0.706. The minimum Gasteiger partial charge on any atom is -0.477 e. The third-order valence-electron chi connectivity index (χ3n) is 0.947. The van der Waals surface area contributed by atoms with Crippen molar-refractivity contribution in [3.05, 3.63) is 28.5 Å². The van der Waals surface area contributed by atoms with Crippen molar-refractivity contribution in [2.45, 2.75) is 0 Å². The van der Waals surface area contributed by atoms with Crippen molar-refractivity contribution in [2.75, 3.05) is 0 Å². The number of carbonyl (C=O) groups is 1. The Kier molecular flexibility index (Phi) is 4.42. The number of hydrogen-bond acceptors (Lipinski definition) is 2. The van der Waals surface area contributed by atoms with E-state index in [4.69, 9.17) is 5.11 Å². The first-order valence-corrected chi connectivity index (χ1v) is 3.34. The van der Waals surface area contributed by atoms with E-state index < -0.39 is 5.97 Å². The van der Waals surface area contributed by atoms with Crippen molar-refractivity contribution in [3.63, 3.8) is 0 Å². The van der Waals surface area contributed by atoms with Gasteiger partial charge in [-0.3, -0.25) is 0 Å². The molecule has 0 aliphatic heterocycles. The maximum absolute atomic E-state index is 10.2. The van der Waals surface area contributed by atoms with Gasteiger partial charge in [-0.25, -0.2) is 9.78 Å². The van der Waals surface area contributed by atoms with E-state index in [0.29, 0.717) is 0 Å². The maximum atomic E-state index is 10.2. The van der Waals surface area contributed by atoms with E-state index in [1.807, 2.05) is 0 Å². The van der Waals surface area contributed by atoms with Crippen molar-refractivity contribution >= 4 is 40.8 Å². The molecule has 1 aromatic heterocycles. The fourth-order valence-electron chi connectivity index (χ4n) is 0.502. The van der Waals surface area contributed by atoms with Crippen molar-refractivity contribution in [2.24, 2.45) is 0 Å². The van der Waals surface area contributed by atoms with E-state index in [1.165, 1.54) is 12.3 Å². The van der Waals surface area contributed by atoms with Gasteiger partial charge in [-0.2, -0.15) is 0 Å². The summed E-state index contributed by atoms with van der Waals surface area (Å²) in [5.74, 6) is -1.01. The molecule has 3 nitrogen and oxygen atoms in total. The predicted molar refractivity (Wildman–Crippen MR) is 44.7 cm³/mol. The first-order valence-electron chi connectivity index (χ1n) is 2.55. The van der Waals surface area contributed by atoms with E-state index in [0.717, 1.165) is 4.47 Å². The van der Waals surface area contributed by atoms with Crippen LogP contribution in [0.15, 0.2) is 22.8 Å². The molecule has 0 saturated heterocycles.